The summed E-state index contributed by atoms with van der Waals surface area (Å²) in [6.45, 7) is 0.988. The number of nitrogens with one attached hydrogen (secondary N) is 1. The van der Waals surface area contributed by atoms with Crippen LogP contribution in [0.2, 0.25) is 0 Å². The number of alkyl halides is 2. The van der Waals surface area contributed by atoms with E-state index in [4.69, 9.17) is 5.11 Å². The van der Waals surface area contributed by atoms with Gasteiger partial charge in [-0.1, -0.05) is 24.2 Å². The average molecular weight is 448 g/mol. The Morgan fingerprint density at radius 2 is 1.86 bits per heavy atom. The van der Waals surface area contributed by atoms with Gasteiger partial charge >= 0.3 is 12.0 Å². The van der Waals surface area contributed by atoms with Crippen LogP contribution >= 0.6 is 23.1 Å². The fourth-order valence-electron chi connectivity index (χ4n) is 4.35. The van der Waals surface area contributed by atoms with Gasteiger partial charge in [0.2, 0.25) is 5.92 Å². The lowest BCUT2D eigenvalue weighted by atomic mass is 9.81. The molecule has 1 aromatic heterocycles. The van der Waals surface area contributed by atoms with Gasteiger partial charge in [-0.05, 0) is 45.4 Å². The van der Waals surface area contributed by atoms with Gasteiger partial charge in [0.1, 0.15) is 0 Å². The zero-order valence-electron chi connectivity index (χ0n) is 16.4. The van der Waals surface area contributed by atoms with Gasteiger partial charge in [0.15, 0.2) is 5.13 Å². The molecule has 0 aliphatic heterocycles. The van der Waals surface area contributed by atoms with Crippen molar-refractivity contribution < 1.29 is 23.5 Å². The number of halogens is 2. The van der Waals surface area contributed by atoms with Crippen LogP contribution in [-0.2, 0) is 4.79 Å². The van der Waals surface area contributed by atoms with Gasteiger partial charge < -0.3 is 10.0 Å². The number of aromatic nitrogens is 1. The summed E-state index contributed by atoms with van der Waals surface area (Å²) in [4.78, 5) is 29.8. The number of thiazole rings is 1. The maximum absolute atomic E-state index is 13.7. The van der Waals surface area contributed by atoms with Gasteiger partial charge in [0, 0.05) is 18.0 Å². The van der Waals surface area contributed by atoms with Gasteiger partial charge in [-0.15, -0.1) is 11.8 Å². The summed E-state index contributed by atoms with van der Waals surface area (Å²) in [6.07, 6.45) is 7.63. The minimum Gasteiger partial charge on any atom is -0.481 e. The normalized spacial score (nSPS) is 23.1. The van der Waals surface area contributed by atoms with Crippen LogP contribution in [-0.4, -0.2) is 50.7 Å². The van der Waals surface area contributed by atoms with Crippen molar-refractivity contribution in [3.63, 3.8) is 0 Å². The summed E-state index contributed by atoms with van der Waals surface area (Å²) in [6, 6.07) is -0.121. The Hall–Kier alpha value is -1.42. The summed E-state index contributed by atoms with van der Waals surface area (Å²) in [7, 11) is 0. The number of nitrogens with zero attached hydrogens (tertiary/aromatic N) is 2. The first-order valence-electron chi connectivity index (χ1n) is 10.0. The topological polar surface area (TPSA) is 82.5 Å². The van der Waals surface area contributed by atoms with Crippen molar-refractivity contribution in [2.75, 3.05) is 11.1 Å². The van der Waals surface area contributed by atoms with E-state index in [1.165, 1.54) is 11.3 Å². The number of hydrogen-bond acceptors (Lipinski definition) is 5. The van der Waals surface area contributed by atoms with E-state index in [0.717, 1.165) is 48.6 Å². The van der Waals surface area contributed by atoms with Crippen LogP contribution in [0.25, 0.3) is 0 Å². The Labute approximate surface area is 177 Å². The highest BCUT2D eigenvalue weighted by Gasteiger charge is 2.41. The number of carboxylic acid groups (broad SMARTS) is 1. The molecule has 3 rings (SSSR count). The zero-order valence-corrected chi connectivity index (χ0v) is 18.0. The van der Waals surface area contributed by atoms with Crippen molar-refractivity contribution in [3.05, 3.63) is 6.20 Å². The van der Waals surface area contributed by atoms with E-state index in [9.17, 15) is 18.4 Å². The van der Waals surface area contributed by atoms with Crippen LogP contribution in [0.1, 0.15) is 58.3 Å². The highest BCUT2D eigenvalue weighted by molar-refractivity contribution is 8.01. The summed E-state index contributed by atoms with van der Waals surface area (Å²) in [5, 5.41) is 12.1. The predicted octanol–water partition coefficient (Wildman–Crippen LogP) is 5.31. The lowest BCUT2D eigenvalue weighted by molar-refractivity contribution is -0.133. The molecule has 2 fully saturated rings. The maximum atomic E-state index is 13.7. The van der Waals surface area contributed by atoms with Gasteiger partial charge in [-0.25, -0.2) is 18.6 Å². The van der Waals surface area contributed by atoms with Crippen molar-refractivity contribution >= 4 is 40.2 Å². The van der Waals surface area contributed by atoms with Crippen molar-refractivity contribution in [1.82, 2.24) is 9.88 Å². The van der Waals surface area contributed by atoms with E-state index < -0.39 is 17.8 Å². The quantitative estimate of drug-likeness (QED) is 0.554. The number of rotatable bonds is 7. The minimum absolute atomic E-state index is 0.0301. The second-order valence-corrected chi connectivity index (χ2v) is 10.2. The van der Waals surface area contributed by atoms with Crippen LogP contribution in [0.3, 0.4) is 0 Å². The van der Waals surface area contributed by atoms with E-state index in [1.807, 2.05) is 4.90 Å². The molecular weight excluding hydrogens is 420 g/mol. The Kier molecular flexibility index (Phi) is 7.37. The van der Waals surface area contributed by atoms with E-state index in [-0.39, 0.29) is 23.9 Å². The molecular formula is C19H27F2N3O3S2. The summed E-state index contributed by atoms with van der Waals surface area (Å²) < 4.78 is 28.0. The molecule has 2 aliphatic carbocycles. The van der Waals surface area contributed by atoms with Crippen molar-refractivity contribution in [2.24, 2.45) is 5.92 Å². The maximum Gasteiger partial charge on any atom is 0.324 e. The molecule has 10 heteroatoms. The summed E-state index contributed by atoms with van der Waals surface area (Å²) in [5.41, 5.74) is 0. The molecule has 1 aromatic rings. The molecule has 0 atom stereocenters. The molecule has 29 heavy (non-hydrogen) atoms. The van der Waals surface area contributed by atoms with Crippen LogP contribution in [0, 0.1) is 5.92 Å². The van der Waals surface area contributed by atoms with Crippen LogP contribution in [0.5, 0.6) is 0 Å². The number of hydrogen-bond donors (Lipinski definition) is 2. The van der Waals surface area contributed by atoms with Gasteiger partial charge in [-0.3, -0.25) is 10.1 Å². The molecule has 2 saturated carbocycles. The fraction of sp³-hybridized carbons (Fsp3) is 0.737. The van der Waals surface area contributed by atoms with Crippen molar-refractivity contribution in [2.45, 2.75) is 80.5 Å². The number of carbonyl (C=O) groups is 2. The molecule has 0 spiro atoms. The predicted molar refractivity (Wildman–Crippen MR) is 110 cm³/mol. The van der Waals surface area contributed by atoms with Crippen molar-refractivity contribution in [1.29, 1.82) is 0 Å². The molecule has 2 aliphatic rings. The third-order valence-corrected chi connectivity index (χ3v) is 7.89. The molecule has 2 N–H and O–H groups in total. The molecule has 1 heterocycles. The highest BCUT2D eigenvalue weighted by atomic mass is 32.2. The van der Waals surface area contributed by atoms with Crippen LogP contribution in [0.15, 0.2) is 10.4 Å². The Bertz CT molecular complexity index is 712. The molecule has 2 amide bonds. The summed E-state index contributed by atoms with van der Waals surface area (Å²) >= 11 is 2.41. The molecule has 0 bridgehead atoms. The third kappa shape index (κ3) is 6.04. The first kappa shape index (κ1) is 22.3. The molecule has 6 nitrogen and oxygen atoms in total. The Morgan fingerprint density at radius 1 is 1.24 bits per heavy atom. The number of aliphatic carboxylic acids is 1. The lowest BCUT2D eigenvalue weighted by Crippen LogP contribution is -2.50. The summed E-state index contributed by atoms with van der Waals surface area (Å²) in [5.74, 6) is -4.25. The smallest absolute Gasteiger partial charge is 0.324 e. The number of anilines is 1. The number of thioether (sulfide) groups is 1. The van der Waals surface area contributed by atoms with E-state index in [1.54, 1.807) is 6.20 Å². The van der Waals surface area contributed by atoms with Crippen LogP contribution in [0.4, 0.5) is 18.7 Å². The minimum atomic E-state index is -2.67. The highest BCUT2D eigenvalue weighted by Crippen LogP contribution is 2.39. The van der Waals surface area contributed by atoms with E-state index in [0.29, 0.717) is 30.8 Å². The lowest BCUT2D eigenvalue weighted by Gasteiger charge is -2.41. The largest absolute Gasteiger partial charge is 0.481 e. The van der Waals surface area contributed by atoms with Crippen LogP contribution < -0.4 is 5.32 Å². The fourth-order valence-corrected chi connectivity index (χ4v) is 5.93. The standard InChI is InChI=1S/C19H27F2N3O3S2/c1-19(20,21)12-6-8-14(9-7-12)24(13-4-2-3-5-13)18(27)23-17-22-10-16(29-17)28-11-15(25)26/h10,12-14H,2-9,11H2,1H3,(H,25,26)(H,22,23,27). The number of carboxylic acids is 1. The second kappa shape index (κ2) is 9.59. The van der Waals surface area contributed by atoms with Gasteiger partial charge in [0.05, 0.1) is 16.2 Å². The third-order valence-electron chi connectivity index (χ3n) is 5.80. The zero-order chi connectivity index (χ0) is 21.0. The van der Waals surface area contributed by atoms with Crippen molar-refractivity contribution in [3.8, 4) is 0 Å². The van der Waals surface area contributed by atoms with Gasteiger partial charge in [0.25, 0.3) is 0 Å². The number of carbonyl (C=O) groups excluding carboxylic acids is 1. The molecule has 162 valence electrons. The first-order valence-corrected chi connectivity index (χ1v) is 11.8. The van der Waals surface area contributed by atoms with E-state index >= 15 is 0 Å². The SMILES string of the molecule is CC(F)(F)C1CCC(N(C(=O)Nc2ncc(SCC(=O)O)s2)C2CCCC2)CC1. The molecule has 0 unspecified atom stereocenters. The molecule has 0 radical (unpaired) electrons. The van der Waals surface area contributed by atoms with Gasteiger partial charge in [-0.2, -0.15) is 0 Å². The number of amides is 2. The second-order valence-electron chi connectivity index (χ2n) is 7.90. The van der Waals surface area contributed by atoms with E-state index in [2.05, 4.69) is 10.3 Å². The Balaban J connectivity index is 1.64. The molecule has 0 saturated heterocycles. The number of urea groups is 1. The first-order chi connectivity index (χ1) is 13.7. The monoisotopic (exact) mass is 447 g/mol. The Morgan fingerprint density at radius 3 is 2.45 bits per heavy atom. The average Bonchev–Trinajstić information content (AvgIpc) is 3.32. The molecule has 0 aromatic carbocycles.